The maximum Gasteiger partial charge on any atom is -0.00265 e. The Labute approximate surface area is 159 Å². The molecule has 5 aromatic carbocycles. The fourth-order valence-electron chi connectivity index (χ4n) is 4.05. The molecule has 5 rings (SSSR count). The lowest BCUT2D eigenvalue weighted by atomic mass is 9.89. The molecule has 0 aliphatic carbocycles. The van der Waals surface area contributed by atoms with Gasteiger partial charge in [-0.2, -0.15) is 0 Å². The van der Waals surface area contributed by atoms with Crippen molar-refractivity contribution in [1.29, 1.82) is 0 Å². The summed E-state index contributed by atoms with van der Waals surface area (Å²) in [5, 5.41) is 5.18. The summed E-state index contributed by atoms with van der Waals surface area (Å²) >= 11 is 0. The average Bonchev–Trinajstić information content (AvgIpc) is 2.72. The highest BCUT2D eigenvalue weighted by Gasteiger charge is 2.11. The number of rotatable bonds is 2. The van der Waals surface area contributed by atoms with Crippen molar-refractivity contribution < 1.29 is 0 Å². The smallest absolute Gasteiger partial charge is 0.00265 e. The molecule has 0 spiro atoms. The third kappa shape index (κ3) is 2.80. The maximum absolute atomic E-state index is 2.33. The van der Waals surface area contributed by atoms with Crippen molar-refractivity contribution in [3.8, 4) is 22.3 Å². The minimum Gasteiger partial charge on any atom is -0.0622 e. The molecule has 5 aromatic rings. The van der Waals surface area contributed by atoms with Gasteiger partial charge in [0.25, 0.3) is 0 Å². The first-order valence-electron chi connectivity index (χ1n) is 9.37. The van der Waals surface area contributed by atoms with Crippen LogP contribution in [0.2, 0.25) is 0 Å². The maximum atomic E-state index is 2.33. The molecule has 128 valence electrons. The third-order valence-electron chi connectivity index (χ3n) is 5.24. The molecule has 0 saturated carbocycles. The first kappa shape index (κ1) is 15.8. The van der Waals surface area contributed by atoms with Gasteiger partial charge in [-0.05, 0) is 68.4 Å². The van der Waals surface area contributed by atoms with Gasteiger partial charge in [0.15, 0.2) is 0 Å². The summed E-state index contributed by atoms with van der Waals surface area (Å²) in [6, 6.07) is 37.2. The molecule has 0 aromatic heterocycles. The standard InChI is InChI=1S/C27H20/c1-19-15-23(20-9-3-2-4-10-20)18-24(16-19)27-25-13-7-5-11-21(25)17-22-12-6-8-14-26(22)27/h2-18H,1H3. The van der Waals surface area contributed by atoms with E-state index >= 15 is 0 Å². The molecule has 0 heterocycles. The van der Waals surface area contributed by atoms with Gasteiger partial charge in [0.1, 0.15) is 0 Å². The van der Waals surface area contributed by atoms with Crippen LogP contribution in [0.1, 0.15) is 5.56 Å². The number of aryl methyl sites for hydroxylation is 1. The predicted octanol–water partition coefficient (Wildman–Crippen LogP) is 7.64. The van der Waals surface area contributed by atoms with E-state index in [0.717, 1.165) is 0 Å². The minimum atomic E-state index is 1.26. The van der Waals surface area contributed by atoms with Gasteiger partial charge >= 0.3 is 0 Å². The third-order valence-corrected chi connectivity index (χ3v) is 5.24. The lowest BCUT2D eigenvalue weighted by molar-refractivity contribution is 1.47. The fraction of sp³-hybridized carbons (Fsp3) is 0.0370. The van der Waals surface area contributed by atoms with E-state index in [-0.39, 0.29) is 0 Å². The minimum absolute atomic E-state index is 1.26. The molecule has 0 heteroatoms. The van der Waals surface area contributed by atoms with E-state index in [2.05, 4.69) is 110 Å². The van der Waals surface area contributed by atoms with Crippen LogP contribution in [-0.2, 0) is 0 Å². The number of hydrogen-bond acceptors (Lipinski definition) is 0. The number of benzene rings is 5. The molecule has 0 saturated heterocycles. The van der Waals surface area contributed by atoms with E-state index in [1.807, 2.05) is 0 Å². The van der Waals surface area contributed by atoms with Crippen molar-refractivity contribution in [3.05, 3.63) is 109 Å². The molecule has 0 radical (unpaired) electrons. The van der Waals surface area contributed by atoms with Crippen LogP contribution in [0, 0.1) is 6.92 Å². The van der Waals surface area contributed by atoms with Gasteiger partial charge < -0.3 is 0 Å². The van der Waals surface area contributed by atoms with E-state index < -0.39 is 0 Å². The van der Waals surface area contributed by atoms with Crippen LogP contribution in [0.3, 0.4) is 0 Å². The first-order valence-corrected chi connectivity index (χ1v) is 9.37. The van der Waals surface area contributed by atoms with Gasteiger partial charge in [0.2, 0.25) is 0 Å². The Morgan fingerprint density at radius 2 is 1.00 bits per heavy atom. The fourth-order valence-corrected chi connectivity index (χ4v) is 4.05. The van der Waals surface area contributed by atoms with Gasteiger partial charge in [-0.3, -0.25) is 0 Å². The predicted molar refractivity (Wildman–Crippen MR) is 117 cm³/mol. The first-order chi connectivity index (χ1) is 13.3. The van der Waals surface area contributed by atoms with Gasteiger partial charge in [0, 0.05) is 0 Å². The monoisotopic (exact) mass is 344 g/mol. The SMILES string of the molecule is Cc1cc(-c2ccccc2)cc(-c2c3ccccc3cc3ccccc23)c1. The second-order valence-electron chi connectivity index (χ2n) is 7.15. The zero-order chi connectivity index (χ0) is 18.2. The molecule has 0 N–H and O–H groups in total. The lowest BCUT2D eigenvalue weighted by Crippen LogP contribution is -1.88. The molecular formula is C27H20. The van der Waals surface area contributed by atoms with E-state index in [9.17, 15) is 0 Å². The molecule has 0 unspecified atom stereocenters. The molecule has 0 atom stereocenters. The van der Waals surface area contributed by atoms with Crippen molar-refractivity contribution in [3.63, 3.8) is 0 Å². The summed E-state index contributed by atoms with van der Waals surface area (Å²) in [4.78, 5) is 0. The average molecular weight is 344 g/mol. The van der Waals surface area contributed by atoms with Crippen LogP contribution in [0.25, 0.3) is 43.8 Å². The Morgan fingerprint density at radius 1 is 0.444 bits per heavy atom. The van der Waals surface area contributed by atoms with E-state index in [1.54, 1.807) is 0 Å². The summed E-state index contributed by atoms with van der Waals surface area (Å²) in [5.74, 6) is 0. The summed E-state index contributed by atoms with van der Waals surface area (Å²) in [6.45, 7) is 2.18. The van der Waals surface area contributed by atoms with Crippen LogP contribution in [0.5, 0.6) is 0 Å². The topological polar surface area (TPSA) is 0 Å². The molecule has 27 heavy (non-hydrogen) atoms. The molecule has 0 aliphatic rings. The lowest BCUT2D eigenvalue weighted by Gasteiger charge is -2.14. The Hall–Kier alpha value is -3.38. The van der Waals surface area contributed by atoms with Gasteiger partial charge in [-0.1, -0.05) is 91.0 Å². The van der Waals surface area contributed by atoms with Crippen LogP contribution in [0.4, 0.5) is 0 Å². The normalized spacial score (nSPS) is 11.1. The van der Waals surface area contributed by atoms with Crippen molar-refractivity contribution >= 4 is 21.5 Å². The quantitative estimate of drug-likeness (QED) is 0.289. The number of hydrogen-bond donors (Lipinski definition) is 0. The Bertz CT molecular complexity index is 1210. The highest BCUT2D eigenvalue weighted by molar-refractivity contribution is 6.12. The van der Waals surface area contributed by atoms with E-state index in [0.29, 0.717) is 0 Å². The van der Waals surface area contributed by atoms with Crippen LogP contribution in [0.15, 0.2) is 103 Å². The summed E-state index contributed by atoms with van der Waals surface area (Å²) in [5.41, 5.74) is 6.41. The zero-order valence-electron chi connectivity index (χ0n) is 15.3. The molecule has 0 bridgehead atoms. The van der Waals surface area contributed by atoms with Crippen molar-refractivity contribution in [1.82, 2.24) is 0 Å². The summed E-state index contributed by atoms with van der Waals surface area (Å²) < 4.78 is 0. The molecule has 0 aliphatic heterocycles. The largest absolute Gasteiger partial charge is 0.0622 e. The van der Waals surface area contributed by atoms with Crippen molar-refractivity contribution in [2.24, 2.45) is 0 Å². The van der Waals surface area contributed by atoms with Crippen molar-refractivity contribution in [2.75, 3.05) is 0 Å². The Kier molecular flexibility index (Phi) is 3.76. The molecule has 0 nitrogen and oxygen atoms in total. The summed E-state index contributed by atoms with van der Waals surface area (Å²) in [6.07, 6.45) is 0. The zero-order valence-corrected chi connectivity index (χ0v) is 15.3. The highest BCUT2D eigenvalue weighted by Crippen LogP contribution is 2.38. The van der Waals surface area contributed by atoms with Gasteiger partial charge in [0.05, 0.1) is 0 Å². The van der Waals surface area contributed by atoms with E-state index in [1.165, 1.54) is 49.4 Å². The Morgan fingerprint density at radius 3 is 1.67 bits per heavy atom. The highest BCUT2D eigenvalue weighted by atomic mass is 14.1. The number of fused-ring (bicyclic) bond motifs is 2. The van der Waals surface area contributed by atoms with E-state index in [4.69, 9.17) is 0 Å². The second kappa shape index (κ2) is 6.41. The molecular weight excluding hydrogens is 324 g/mol. The van der Waals surface area contributed by atoms with Crippen LogP contribution >= 0.6 is 0 Å². The summed E-state index contributed by atoms with van der Waals surface area (Å²) in [7, 11) is 0. The second-order valence-corrected chi connectivity index (χ2v) is 7.15. The van der Waals surface area contributed by atoms with Crippen molar-refractivity contribution in [2.45, 2.75) is 6.92 Å². The van der Waals surface area contributed by atoms with Crippen LogP contribution < -0.4 is 0 Å². The van der Waals surface area contributed by atoms with Gasteiger partial charge in [-0.25, -0.2) is 0 Å². The molecule has 0 fully saturated rings. The molecule has 0 amide bonds. The van der Waals surface area contributed by atoms with Crippen LogP contribution in [-0.4, -0.2) is 0 Å². The van der Waals surface area contributed by atoms with Gasteiger partial charge in [-0.15, -0.1) is 0 Å². The Balaban J connectivity index is 1.87.